The van der Waals surface area contributed by atoms with Crippen LogP contribution in [0, 0.1) is 0 Å². The van der Waals surface area contributed by atoms with E-state index in [1.54, 1.807) is 0 Å². The van der Waals surface area contributed by atoms with E-state index in [-0.39, 0.29) is 11.5 Å². The molecule has 1 atom stereocenters. The average molecular weight is 395 g/mol. The second-order valence-electron chi connectivity index (χ2n) is 9.09. The van der Waals surface area contributed by atoms with Gasteiger partial charge in [-0.2, -0.15) is 5.10 Å². The minimum atomic E-state index is -0.349. The summed E-state index contributed by atoms with van der Waals surface area (Å²) in [5, 5.41) is 4.84. The van der Waals surface area contributed by atoms with E-state index in [0.29, 0.717) is 5.91 Å². The fourth-order valence-corrected chi connectivity index (χ4v) is 5.28. The first-order valence-electron chi connectivity index (χ1n) is 11.1. The minimum absolute atomic E-state index is 0.0968. The van der Waals surface area contributed by atoms with Crippen LogP contribution < -0.4 is 0 Å². The molecule has 1 saturated carbocycles. The molecule has 1 aromatic carbocycles. The molecule has 29 heavy (non-hydrogen) atoms. The van der Waals surface area contributed by atoms with Gasteiger partial charge in [-0.3, -0.25) is 9.48 Å². The van der Waals surface area contributed by atoms with E-state index in [2.05, 4.69) is 54.2 Å². The number of carbonyl (C=O) groups excluding carboxylic acids is 1. The normalized spacial score (nSPS) is 21.7. The van der Waals surface area contributed by atoms with Crippen molar-refractivity contribution in [2.24, 2.45) is 7.05 Å². The summed E-state index contributed by atoms with van der Waals surface area (Å²) in [6.07, 6.45) is 7.46. The summed E-state index contributed by atoms with van der Waals surface area (Å²) >= 11 is 0. The maximum atomic E-state index is 14.1. The predicted molar refractivity (Wildman–Crippen MR) is 115 cm³/mol. The summed E-state index contributed by atoms with van der Waals surface area (Å²) in [5.41, 5.74) is 3.10. The highest BCUT2D eigenvalue weighted by Crippen LogP contribution is 2.45. The molecule has 1 unspecified atom stereocenters. The first-order chi connectivity index (χ1) is 14.0. The maximum Gasteiger partial charge on any atom is 0.233 e. The highest BCUT2D eigenvalue weighted by Gasteiger charge is 2.47. The minimum Gasteiger partial charge on any atom is -0.333 e. The Morgan fingerprint density at radius 2 is 1.86 bits per heavy atom. The predicted octanol–water partition coefficient (Wildman–Crippen LogP) is 4.05. The highest BCUT2D eigenvalue weighted by molar-refractivity contribution is 5.89. The van der Waals surface area contributed by atoms with Crippen molar-refractivity contribution in [2.75, 3.05) is 20.6 Å². The van der Waals surface area contributed by atoms with E-state index in [0.717, 1.165) is 63.7 Å². The van der Waals surface area contributed by atoms with Gasteiger partial charge in [-0.25, -0.2) is 0 Å². The second kappa shape index (κ2) is 8.31. The zero-order chi connectivity index (χ0) is 20.4. The smallest absolute Gasteiger partial charge is 0.233 e. The molecule has 2 aliphatic rings. The Kier molecular flexibility index (Phi) is 5.77. The van der Waals surface area contributed by atoms with Crippen LogP contribution in [0.3, 0.4) is 0 Å². The van der Waals surface area contributed by atoms with Gasteiger partial charge in [0.2, 0.25) is 5.91 Å². The maximum absolute atomic E-state index is 14.1. The molecule has 2 aromatic rings. The molecule has 0 bridgehead atoms. The Labute approximate surface area is 174 Å². The summed E-state index contributed by atoms with van der Waals surface area (Å²) in [5.74, 6) is 0.325. The van der Waals surface area contributed by atoms with Crippen molar-refractivity contribution in [3.63, 3.8) is 0 Å². The molecule has 2 fully saturated rings. The molecule has 1 aliphatic heterocycles. The zero-order valence-corrected chi connectivity index (χ0v) is 18.1. The van der Waals surface area contributed by atoms with Crippen molar-refractivity contribution in [2.45, 2.75) is 62.9 Å². The van der Waals surface area contributed by atoms with Crippen LogP contribution in [0.5, 0.6) is 0 Å². The molecular weight excluding hydrogens is 360 g/mol. The van der Waals surface area contributed by atoms with Crippen molar-refractivity contribution in [3.05, 3.63) is 53.3 Å². The first kappa shape index (κ1) is 20.1. The van der Waals surface area contributed by atoms with Gasteiger partial charge < -0.3 is 9.80 Å². The van der Waals surface area contributed by atoms with Crippen LogP contribution in [0.4, 0.5) is 0 Å². The molecule has 1 aliphatic carbocycles. The van der Waals surface area contributed by atoms with Gasteiger partial charge in [0.25, 0.3) is 0 Å². The Hall–Kier alpha value is -2.14. The molecule has 2 heterocycles. The second-order valence-corrected chi connectivity index (χ2v) is 9.09. The molecule has 5 heteroatoms. The van der Waals surface area contributed by atoms with Crippen LogP contribution in [0.15, 0.2) is 36.4 Å². The lowest BCUT2D eigenvalue weighted by Gasteiger charge is -2.41. The van der Waals surface area contributed by atoms with Crippen molar-refractivity contribution in [1.82, 2.24) is 19.6 Å². The first-order valence-corrected chi connectivity index (χ1v) is 11.1. The average Bonchev–Trinajstić information content (AvgIpc) is 3.36. The molecular formula is C24H34N4O. The standard InChI is InChI=1S/C24H34N4O/c1-26(2)18-20-17-21(25-27(20)3)22-13-7-10-16-28(22)23(29)24(14-8-9-15-24)19-11-5-4-6-12-19/h4-6,11-12,17,22H,7-10,13-16,18H2,1-3H3. The van der Waals surface area contributed by atoms with E-state index in [4.69, 9.17) is 5.10 Å². The van der Waals surface area contributed by atoms with Gasteiger partial charge in [-0.1, -0.05) is 43.2 Å². The Bertz CT molecular complexity index is 836. The highest BCUT2D eigenvalue weighted by atomic mass is 16.2. The number of nitrogens with zero attached hydrogens (tertiary/aromatic N) is 4. The van der Waals surface area contributed by atoms with Crippen molar-refractivity contribution in [3.8, 4) is 0 Å². The summed E-state index contributed by atoms with van der Waals surface area (Å²) in [6, 6.07) is 12.8. The fourth-order valence-electron chi connectivity index (χ4n) is 5.28. The Morgan fingerprint density at radius 1 is 1.14 bits per heavy atom. The van der Waals surface area contributed by atoms with E-state index < -0.39 is 0 Å². The van der Waals surface area contributed by atoms with Crippen molar-refractivity contribution in [1.29, 1.82) is 0 Å². The quantitative estimate of drug-likeness (QED) is 0.768. The Balaban J connectivity index is 1.66. The fraction of sp³-hybridized carbons (Fsp3) is 0.583. The van der Waals surface area contributed by atoms with Gasteiger partial charge in [0.05, 0.1) is 22.8 Å². The summed E-state index contributed by atoms with van der Waals surface area (Å²) in [6.45, 7) is 1.70. The lowest BCUT2D eigenvalue weighted by atomic mass is 9.76. The van der Waals surface area contributed by atoms with Crippen LogP contribution in [-0.4, -0.2) is 46.1 Å². The summed E-state index contributed by atoms with van der Waals surface area (Å²) in [4.78, 5) is 18.4. The van der Waals surface area contributed by atoms with Crippen LogP contribution >= 0.6 is 0 Å². The van der Waals surface area contributed by atoms with Gasteiger partial charge in [0.1, 0.15) is 0 Å². The number of rotatable bonds is 5. The molecule has 156 valence electrons. The number of hydrogen-bond acceptors (Lipinski definition) is 3. The van der Waals surface area contributed by atoms with Gasteiger partial charge in [0.15, 0.2) is 0 Å². The third kappa shape index (κ3) is 3.85. The van der Waals surface area contributed by atoms with E-state index >= 15 is 0 Å². The molecule has 1 saturated heterocycles. The number of amides is 1. The van der Waals surface area contributed by atoms with E-state index in [1.165, 1.54) is 11.3 Å². The molecule has 5 nitrogen and oxygen atoms in total. The number of benzene rings is 1. The van der Waals surface area contributed by atoms with Crippen LogP contribution in [0.1, 0.15) is 67.9 Å². The summed E-state index contributed by atoms with van der Waals surface area (Å²) in [7, 11) is 6.17. The lowest BCUT2D eigenvalue weighted by molar-refractivity contribution is -0.141. The zero-order valence-electron chi connectivity index (χ0n) is 18.1. The van der Waals surface area contributed by atoms with Crippen LogP contribution in [-0.2, 0) is 23.8 Å². The van der Waals surface area contributed by atoms with E-state index in [1.807, 2.05) is 17.8 Å². The van der Waals surface area contributed by atoms with Crippen molar-refractivity contribution >= 4 is 5.91 Å². The molecule has 0 spiro atoms. The molecule has 1 amide bonds. The number of carbonyl (C=O) groups is 1. The van der Waals surface area contributed by atoms with Gasteiger partial charge in [0, 0.05) is 20.1 Å². The largest absolute Gasteiger partial charge is 0.333 e. The monoisotopic (exact) mass is 394 g/mol. The molecule has 4 rings (SSSR count). The van der Waals surface area contributed by atoms with Crippen LogP contribution in [0.2, 0.25) is 0 Å². The summed E-state index contributed by atoms with van der Waals surface area (Å²) < 4.78 is 1.98. The molecule has 0 radical (unpaired) electrons. The SMILES string of the molecule is CN(C)Cc1cc(C2CCCCN2C(=O)C2(c3ccccc3)CCCC2)nn1C. The number of piperidine rings is 1. The van der Waals surface area contributed by atoms with Crippen molar-refractivity contribution < 1.29 is 4.79 Å². The molecule has 1 aromatic heterocycles. The Morgan fingerprint density at radius 3 is 2.55 bits per heavy atom. The number of likely N-dealkylation sites (tertiary alicyclic amines) is 1. The van der Waals surface area contributed by atoms with Crippen LogP contribution in [0.25, 0.3) is 0 Å². The van der Waals surface area contributed by atoms with Gasteiger partial charge in [-0.15, -0.1) is 0 Å². The number of aryl methyl sites for hydroxylation is 1. The molecule has 0 N–H and O–H groups in total. The van der Waals surface area contributed by atoms with E-state index in [9.17, 15) is 4.79 Å². The third-order valence-electron chi connectivity index (χ3n) is 6.77. The third-order valence-corrected chi connectivity index (χ3v) is 6.77. The van der Waals surface area contributed by atoms with Gasteiger partial charge >= 0.3 is 0 Å². The lowest BCUT2D eigenvalue weighted by Crippen LogP contribution is -2.48. The number of hydrogen-bond donors (Lipinski definition) is 0. The topological polar surface area (TPSA) is 41.4 Å². The van der Waals surface area contributed by atoms with Gasteiger partial charge in [-0.05, 0) is 57.8 Å². The number of aromatic nitrogens is 2.